The highest BCUT2D eigenvalue weighted by molar-refractivity contribution is 6.46. The van der Waals surface area contributed by atoms with E-state index in [4.69, 9.17) is 4.74 Å². The summed E-state index contributed by atoms with van der Waals surface area (Å²) in [5, 5.41) is 10.7. The van der Waals surface area contributed by atoms with Crippen molar-refractivity contribution in [3.8, 4) is 0 Å². The van der Waals surface area contributed by atoms with E-state index in [2.05, 4.69) is 0 Å². The quantitative estimate of drug-likeness (QED) is 0.509. The van der Waals surface area contributed by atoms with Gasteiger partial charge in [0.1, 0.15) is 11.6 Å². The third kappa shape index (κ3) is 3.23. The van der Waals surface area contributed by atoms with Crippen molar-refractivity contribution in [3.63, 3.8) is 0 Å². The zero-order chi connectivity index (χ0) is 18.7. The van der Waals surface area contributed by atoms with E-state index < -0.39 is 23.5 Å². The maximum Gasteiger partial charge on any atom is 0.295 e. The lowest BCUT2D eigenvalue weighted by molar-refractivity contribution is -0.140. The summed E-state index contributed by atoms with van der Waals surface area (Å²) in [4.78, 5) is 26.4. The van der Waals surface area contributed by atoms with Gasteiger partial charge in [0, 0.05) is 19.2 Å². The summed E-state index contributed by atoms with van der Waals surface area (Å²) in [6.45, 7) is 0.359. The fourth-order valence-electron chi connectivity index (χ4n) is 3.08. The summed E-state index contributed by atoms with van der Waals surface area (Å²) in [5.41, 5.74) is 0.777. The first-order valence-electron chi connectivity index (χ1n) is 8.13. The standard InChI is InChI=1S/C20H18FNO4/c1-26-11-10-22-17(14-8-5-9-15(21)12-14)16(19(24)20(22)25)18(23)13-6-3-2-4-7-13/h2-9,12,17,23H,10-11H2,1H3/b18-16+. The van der Waals surface area contributed by atoms with Crippen LogP contribution in [0.4, 0.5) is 4.39 Å². The molecule has 1 amide bonds. The van der Waals surface area contributed by atoms with Gasteiger partial charge in [-0.3, -0.25) is 9.59 Å². The normalized spacial score (nSPS) is 19.2. The molecular weight excluding hydrogens is 337 g/mol. The van der Waals surface area contributed by atoms with Gasteiger partial charge in [-0.1, -0.05) is 42.5 Å². The average molecular weight is 355 g/mol. The molecule has 0 saturated carbocycles. The first-order chi connectivity index (χ1) is 12.5. The van der Waals surface area contributed by atoms with E-state index >= 15 is 0 Å². The molecule has 134 valence electrons. The largest absolute Gasteiger partial charge is 0.507 e. The lowest BCUT2D eigenvalue weighted by Crippen LogP contribution is -2.32. The van der Waals surface area contributed by atoms with Gasteiger partial charge < -0.3 is 14.7 Å². The Morgan fingerprint density at radius 2 is 1.88 bits per heavy atom. The van der Waals surface area contributed by atoms with Crippen molar-refractivity contribution in [3.05, 3.63) is 77.1 Å². The average Bonchev–Trinajstić information content (AvgIpc) is 2.91. The number of aliphatic hydroxyl groups is 1. The van der Waals surface area contributed by atoms with Crippen LogP contribution in [0.5, 0.6) is 0 Å². The molecule has 2 aromatic rings. The molecule has 0 radical (unpaired) electrons. The molecule has 1 saturated heterocycles. The van der Waals surface area contributed by atoms with E-state index in [1.165, 1.54) is 30.2 Å². The summed E-state index contributed by atoms with van der Waals surface area (Å²) in [7, 11) is 1.48. The Bertz CT molecular complexity index is 863. The number of carbonyl (C=O) groups is 2. The molecule has 0 aliphatic carbocycles. The third-order valence-electron chi connectivity index (χ3n) is 4.29. The zero-order valence-electron chi connectivity index (χ0n) is 14.2. The van der Waals surface area contributed by atoms with E-state index in [1.807, 2.05) is 0 Å². The van der Waals surface area contributed by atoms with Crippen molar-refractivity contribution in [2.45, 2.75) is 6.04 Å². The van der Waals surface area contributed by atoms with Crippen LogP contribution >= 0.6 is 0 Å². The Kier molecular flexibility index (Phi) is 5.14. The summed E-state index contributed by atoms with van der Waals surface area (Å²) >= 11 is 0. The monoisotopic (exact) mass is 355 g/mol. The van der Waals surface area contributed by atoms with Crippen LogP contribution in [0.25, 0.3) is 5.76 Å². The van der Waals surface area contributed by atoms with Crippen LogP contribution in [-0.4, -0.2) is 42.0 Å². The first-order valence-corrected chi connectivity index (χ1v) is 8.13. The predicted octanol–water partition coefficient (Wildman–Crippen LogP) is 2.89. The molecule has 0 spiro atoms. The number of ketones is 1. The highest BCUT2D eigenvalue weighted by Crippen LogP contribution is 2.39. The van der Waals surface area contributed by atoms with Crippen LogP contribution < -0.4 is 0 Å². The van der Waals surface area contributed by atoms with E-state index in [9.17, 15) is 19.1 Å². The fraction of sp³-hybridized carbons (Fsp3) is 0.200. The summed E-state index contributed by atoms with van der Waals surface area (Å²) in [6.07, 6.45) is 0. The van der Waals surface area contributed by atoms with Crippen LogP contribution in [0.3, 0.4) is 0 Å². The van der Waals surface area contributed by atoms with E-state index in [0.717, 1.165) is 0 Å². The highest BCUT2D eigenvalue weighted by atomic mass is 19.1. The molecule has 1 aliphatic rings. The van der Waals surface area contributed by atoms with Crippen LogP contribution in [0.1, 0.15) is 17.2 Å². The van der Waals surface area contributed by atoms with Crippen molar-refractivity contribution in [1.82, 2.24) is 4.90 Å². The van der Waals surface area contributed by atoms with Crippen molar-refractivity contribution >= 4 is 17.4 Å². The predicted molar refractivity (Wildman–Crippen MR) is 93.7 cm³/mol. The second-order valence-electron chi connectivity index (χ2n) is 5.91. The van der Waals surface area contributed by atoms with Gasteiger partial charge >= 0.3 is 0 Å². The Labute approximate surface area is 150 Å². The van der Waals surface area contributed by atoms with Crippen molar-refractivity contribution in [2.75, 3.05) is 20.3 Å². The summed E-state index contributed by atoms with van der Waals surface area (Å²) < 4.78 is 18.8. The molecule has 5 nitrogen and oxygen atoms in total. The minimum absolute atomic E-state index is 0.0529. The number of hydrogen-bond acceptors (Lipinski definition) is 4. The number of aliphatic hydroxyl groups excluding tert-OH is 1. The molecule has 1 heterocycles. The van der Waals surface area contributed by atoms with Gasteiger partial charge in [-0.15, -0.1) is 0 Å². The van der Waals surface area contributed by atoms with E-state index in [1.54, 1.807) is 36.4 Å². The van der Waals surface area contributed by atoms with Crippen LogP contribution in [-0.2, 0) is 14.3 Å². The van der Waals surface area contributed by atoms with Gasteiger partial charge in [-0.2, -0.15) is 0 Å². The second-order valence-corrected chi connectivity index (χ2v) is 5.91. The number of hydrogen-bond donors (Lipinski definition) is 1. The van der Waals surface area contributed by atoms with Crippen molar-refractivity contribution < 1.29 is 23.8 Å². The Morgan fingerprint density at radius 3 is 2.54 bits per heavy atom. The molecule has 1 atom stereocenters. The Balaban J connectivity index is 2.16. The number of rotatable bonds is 5. The van der Waals surface area contributed by atoms with Gasteiger partial charge in [0.15, 0.2) is 0 Å². The summed E-state index contributed by atoms with van der Waals surface area (Å²) in [5.74, 6) is -2.30. The number of likely N-dealkylation sites (tertiary alicyclic amines) is 1. The first kappa shape index (κ1) is 17.8. The SMILES string of the molecule is COCCN1C(=O)C(=O)/C(=C(/O)c2ccccc2)C1c1cccc(F)c1. The van der Waals surface area contributed by atoms with Crippen molar-refractivity contribution in [2.24, 2.45) is 0 Å². The number of methoxy groups -OCH3 is 1. The number of halogens is 1. The molecule has 0 aromatic heterocycles. The number of amides is 1. The van der Waals surface area contributed by atoms with Crippen molar-refractivity contribution in [1.29, 1.82) is 0 Å². The maximum absolute atomic E-state index is 13.8. The molecular formula is C20H18FNO4. The Morgan fingerprint density at radius 1 is 1.15 bits per heavy atom. The summed E-state index contributed by atoms with van der Waals surface area (Å²) in [6, 6.07) is 13.3. The Hall–Kier alpha value is -2.99. The topological polar surface area (TPSA) is 66.8 Å². The molecule has 0 bridgehead atoms. The molecule has 1 unspecified atom stereocenters. The van der Waals surface area contributed by atoms with Crippen LogP contribution in [0, 0.1) is 5.82 Å². The van der Waals surface area contributed by atoms with Gasteiger partial charge in [-0.25, -0.2) is 4.39 Å². The number of nitrogens with zero attached hydrogens (tertiary/aromatic N) is 1. The maximum atomic E-state index is 13.8. The molecule has 1 N–H and O–H groups in total. The number of carbonyl (C=O) groups excluding carboxylic acids is 2. The highest BCUT2D eigenvalue weighted by Gasteiger charge is 2.45. The number of ether oxygens (including phenoxy) is 1. The lowest BCUT2D eigenvalue weighted by Gasteiger charge is -2.25. The van der Waals surface area contributed by atoms with Gasteiger partial charge in [0.25, 0.3) is 11.7 Å². The molecule has 26 heavy (non-hydrogen) atoms. The van der Waals surface area contributed by atoms with Gasteiger partial charge in [-0.05, 0) is 17.7 Å². The lowest BCUT2D eigenvalue weighted by atomic mass is 9.95. The van der Waals surface area contributed by atoms with E-state index in [-0.39, 0.29) is 24.5 Å². The molecule has 1 aliphatic heterocycles. The van der Waals surface area contributed by atoms with Gasteiger partial charge in [0.05, 0.1) is 18.2 Å². The molecule has 2 aromatic carbocycles. The second kappa shape index (κ2) is 7.49. The number of benzene rings is 2. The fourth-order valence-corrected chi connectivity index (χ4v) is 3.08. The third-order valence-corrected chi connectivity index (χ3v) is 4.29. The van der Waals surface area contributed by atoms with E-state index in [0.29, 0.717) is 11.1 Å². The minimum Gasteiger partial charge on any atom is -0.507 e. The molecule has 3 rings (SSSR count). The number of Topliss-reactive ketones (excluding diaryl/α,β-unsaturated/α-hetero) is 1. The molecule has 1 fully saturated rings. The van der Waals surface area contributed by atoms with Crippen LogP contribution in [0.15, 0.2) is 60.2 Å². The minimum atomic E-state index is -0.874. The van der Waals surface area contributed by atoms with Crippen LogP contribution in [0.2, 0.25) is 0 Å². The molecule has 6 heteroatoms. The smallest absolute Gasteiger partial charge is 0.295 e. The van der Waals surface area contributed by atoms with Gasteiger partial charge in [0.2, 0.25) is 0 Å². The zero-order valence-corrected chi connectivity index (χ0v) is 14.2.